The van der Waals surface area contributed by atoms with Gasteiger partial charge in [-0.05, 0) is 18.2 Å². The molecule has 146 valence electrons. The van der Waals surface area contributed by atoms with Crippen molar-refractivity contribution in [2.45, 2.75) is 11.7 Å². The molecule has 7 heteroatoms. The van der Waals surface area contributed by atoms with Gasteiger partial charge in [0, 0.05) is 29.2 Å². The van der Waals surface area contributed by atoms with Crippen LogP contribution in [0.3, 0.4) is 0 Å². The number of para-hydroxylation sites is 2. The van der Waals surface area contributed by atoms with Gasteiger partial charge in [-0.1, -0.05) is 48.2 Å². The number of H-pyrrole nitrogens is 1. The minimum absolute atomic E-state index is 0.0412. The summed E-state index contributed by atoms with van der Waals surface area (Å²) in [5, 5.41) is 10.3. The molecule has 0 amide bonds. The Balaban J connectivity index is 1.60. The second-order valence-corrected chi connectivity index (χ2v) is 7.31. The molecule has 29 heavy (non-hydrogen) atoms. The molecule has 0 aliphatic carbocycles. The molecule has 0 aliphatic heterocycles. The Hall–Kier alpha value is -3.32. The van der Waals surface area contributed by atoms with E-state index >= 15 is 0 Å². The quantitative estimate of drug-likeness (QED) is 0.264. The Labute approximate surface area is 172 Å². The Morgan fingerprint density at radius 3 is 2.83 bits per heavy atom. The van der Waals surface area contributed by atoms with Gasteiger partial charge in [-0.2, -0.15) is 0 Å². The van der Waals surface area contributed by atoms with Gasteiger partial charge >= 0.3 is 0 Å². The second kappa shape index (κ2) is 8.36. The third-order valence-corrected chi connectivity index (χ3v) is 5.57. The number of aromatic nitrogens is 4. The summed E-state index contributed by atoms with van der Waals surface area (Å²) in [7, 11) is 1.63. The number of carbonyl (C=O) groups is 1. The molecule has 6 nitrogen and oxygen atoms in total. The number of fused-ring (bicyclic) bond motifs is 1. The first-order valence-corrected chi connectivity index (χ1v) is 10.1. The van der Waals surface area contributed by atoms with E-state index in [1.807, 2.05) is 53.1 Å². The number of nitrogens with zero attached hydrogens (tertiary/aromatic N) is 3. The van der Waals surface area contributed by atoms with Crippen LogP contribution in [-0.2, 0) is 6.54 Å². The van der Waals surface area contributed by atoms with Crippen molar-refractivity contribution < 1.29 is 9.53 Å². The molecule has 2 aromatic heterocycles. The van der Waals surface area contributed by atoms with Gasteiger partial charge in [-0.25, -0.2) is 0 Å². The summed E-state index contributed by atoms with van der Waals surface area (Å²) in [5.41, 5.74) is 2.49. The summed E-state index contributed by atoms with van der Waals surface area (Å²) in [5.74, 6) is 1.71. The van der Waals surface area contributed by atoms with Crippen molar-refractivity contribution in [1.82, 2.24) is 19.7 Å². The Bertz CT molecular complexity index is 1180. The van der Waals surface area contributed by atoms with Crippen molar-refractivity contribution in [2.24, 2.45) is 0 Å². The van der Waals surface area contributed by atoms with Crippen molar-refractivity contribution in [3.05, 3.63) is 72.9 Å². The van der Waals surface area contributed by atoms with Crippen LogP contribution in [0.2, 0.25) is 0 Å². The average molecular weight is 404 g/mol. The van der Waals surface area contributed by atoms with Crippen LogP contribution in [-0.4, -0.2) is 38.4 Å². The fourth-order valence-electron chi connectivity index (χ4n) is 3.23. The first-order chi connectivity index (χ1) is 14.2. The third kappa shape index (κ3) is 3.69. The number of methoxy groups -OCH3 is 1. The van der Waals surface area contributed by atoms with E-state index in [0.717, 1.165) is 22.2 Å². The number of aromatic amines is 1. The molecule has 4 rings (SSSR count). The average Bonchev–Trinajstić information content (AvgIpc) is 3.36. The van der Waals surface area contributed by atoms with Crippen LogP contribution < -0.4 is 4.74 Å². The summed E-state index contributed by atoms with van der Waals surface area (Å²) >= 11 is 1.37. The fourth-order valence-corrected chi connectivity index (χ4v) is 4.06. The second-order valence-electron chi connectivity index (χ2n) is 6.37. The number of ether oxygens (including phenoxy) is 1. The van der Waals surface area contributed by atoms with Crippen molar-refractivity contribution in [2.75, 3.05) is 12.9 Å². The molecule has 0 saturated carbocycles. The van der Waals surface area contributed by atoms with Crippen LogP contribution in [0.25, 0.3) is 22.3 Å². The summed E-state index contributed by atoms with van der Waals surface area (Å²) < 4.78 is 7.40. The van der Waals surface area contributed by atoms with Crippen molar-refractivity contribution >= 4 is 28.4 Å². The molecule has 0 radical (unpaired) electrons. The molecule has 0 saturated heterocycles. The molecular weight excluding hydrogens is 384 g/mol. The number of rotatable bonds is 8. The summed E-state index contributed by atoms with van der Waals surface area (Å²) in [6, 6.07) is 15.4. The molecule has 0 aliphatic rings. The normalized spacial score (nSPS) is 10.9. The van der Waals surface area contributed by atoms with Gasteiger partial charge in [0.15, 0.2) is 16.8 Å². The number of benzene rings is 2. The van der Waals surface area contributed by atoms with Gasteiger partial charge < -0.3 is 9.72 Å². The van der Waals surface area contributed by atoms with Crippen LogP contribution in [0.15, 0.2) is 72.5 Å². The molecular formula is C22H20N4O2S. The lowest BCUT2D eigenvalue weighted by atomic mass is 10.1. The molecule has 0 bridgehead atoms. The first-order valence-electron chi connectivity index (χ1n) is 9.12. The van der Waals surface area contributed by atoms with Crippen molar-refractivity contribution in [1.29, 1.82) is 0 Å². The zero-order chi connectivity index (χ0) is 20.2. The molecule has 0 atom stereocenters. The lowest BCUT2D eigenvalue weighted by molar-refractivity contribution is 0.102. The number of allylic oxidation sites excluding steroid dienone is 1. The van der Waals surface area contributed by atoms with Gasteiger partial charge in [0.1, 0.15) is 5.75 Å². The highest BCUT2D eigenvalue weighted by Gasteiger charge is 2.19. The SMILES string of the molecule is C=CCn1c(SCC(=O)c2c[nH]c3ccccc23)nnc1-c1ccccc1OC. The predicted molar refractivity (Wildman–Crippen MR) is 116 cm³/mol. The standard InChI is InChI=1S/C22H20N4O2S/c1-3-12-26-21(16-9-5-7-11-20(16)28-2)24-25-22(26)29-14-19(27)17-13-23-18-10-6-4-8-15(17)18/h3-11,13,23H,1,12,14H2,2H3. The van der Waals surface area contributed by atoms with E-state index in [4.69, 9.17) is 4.74 Å². The Morgan fingerprint density at radius 1 is 1.21 bits per heavy atom. The minimum Gasteiger partial charge on any atom is -0.496 e. The van der Waals surface area contributed by atoms with Gasteiger partial charge in [-0.3, -0.25) is 9.36 Å². The number of thioether (sulfide) groups is 1. The molecule has 1 N–H and O–H groups in total. The fraction of sp³-hybridized carbons (Fsp3) is 0.136. The highest BCUT2D eigenvalue weighted by Crippen LogP contribution is 2.31. The highest BCUT2D eigenvalue weighted by molar-refractivity contribution is 7.99. The highest BCUT2D eigenvalue weighted by atomic mass is 32.2. The van der Waals surface area contributed by atoms with Gasteiger partial charge in [0.2, 0.25) is 0 Å². The number of hydrogen-bond acceptors (Lipinski definition) is 5. The van der Waals surface area contributed by atoms with Crippen molar-refractivity contribution in [3.8, 4) is 17.1 Å². The van der Waals surface area contributed by atoms with E-state index in [1.54, 1.807) is 19.4 Å². The topological polar surface area (TPSA) is 72.8 Å². The Kier molecular flexibility index (Phi) is 5.48. The maximum absolute atomic E-state index is 12.8. The largest absolute Gasteiger partial charge is 0.496 e. The predicted octanol–water partition coefficient (Wildman–Crippen LogP) is 4.60. The third-order valence-electron chi connectivity index (χ3n) is 4.60. The van der Waals surface area contributed by atoms with Gasteiger partial charge in [-0.15, -0.1) is 16.8 Å². The van der Waals surface area contributed by atoms with Gasteiger partial charge in [0.05, 0.1) is 18.4 Å². The number of Topliss-reactive ketones (excluding diaryl/α,β-unsaturated/α-hetero) is 1. The van der Waals surface area contributed by atoms with E-state index < -0.39 is 0 Å². The molecule has 2 heterocycles. The van der Waals surface area contributed by atoms with E-state index in [-0.39, 0.29) is 11.5 Å². The zero-order valence-electron chi connectivity index (χ0n) is 16.0. The number of carbonyl (C=O) groups excluding carboxylic acids is 1. The molecule has 0 unspecified atom stereocenters. The lowest BCUT2D eigenvalue weighted by Gasteiger charge is -2.10. The zero-order valence-corrected chi connectivity index (χ0v) is 16.8. The Morgan fingerprint density at radius 2 is 2.00 bits per heavy atom. The monoisotopic (exact) mass is 404 g/mol. The smallest absolute Gasteiger partial charge is 0.192 e. The van der Waals surface area contributed by atoms with Crippen LogP contribution in [0.5, 0.6) is 5.75 Å². The van der Waals surface area contributed by atoms with Crippen LogP contribution in [0, 0.1) is 0 Å². The van der Waals surface area contributed by atoms with E-state index in [2.05, 4.69) is 21.8 Å². The minimum atomic E-state index is 0.0412. The molecule has 0 fully saturated rings. The van der Waals surface area contributed by atoms with E-state index in [0.29, 0.717) is 23.1 Å². The van der Waals surface area contributed by atoms with E-state index in [1.165, 1.54) is 11.8 Å². The van der Waals surface area contributed by atoms with Crippen LogP contribution in [0.4, 0.5) is 0 Å². The summed E-state index contributed by atoms with van der Waals surface area (Å²) in [6.07, 6.45) is 3.55. The maximum atomic E-state index is 12.8. The van der Waals surface area contributed by atoms with E-state index in [9.17, 15) is 4.79 Å². The first kappa shape index (κ1) is 19.0. The molecule has 0 spiro atoms. The van der Waals surface area contributed by atoms with Crippen LogP contribution in [0.1, 0.15) is 10.4 Å². The number of nitrogens with one attached hydrogen (secondary N) is 1. The number of hydrogen-bond donors (Lipinski definition) is 1. The lowest BCUT2D eigenvalue weighted by Crippen LogP contribution is -2.05. The van der Waals surface area contributed by atoms with Crippen LogP contribution >= 0.6 is 11.8 Å². The summed E-state index contributed by atoms with van der Waals surface area (Å²) in [6.45, 7) is 4.37. The van der Waals surface area contributed by atoms with Crippen molar-refractivity contribution in [3.63, 3.8) is 0 Å². The maximum Gasteiger partial charge on any atom is 0.192 e. The molecule has 2 aromatic carbocycles. The summed E-state index contributed by atoms with van der Waals surface area (Å²) in [4.78, 5) is 15.9. The molecule has 4 aromatic rings. The number of ketones is 1. The van der Waals surface area contributed by atoms with Gasteiger partial charge in [0.25, 0.3) is 0 Å².